The van der Waals surface area contributed by atoms with Gasteiger partial charge in [0, 0.05) is 30.9 Å². The molecule has 0 radical (unpaired) electrons. The minimum absolute atomic E-state index is 0.139. The van der Waals surface area contributed by atoms with Gasteiger partial charge in [-0.1, -0.05) is 17.8 Å². The minimum Gasteiger partial charge on any atom is -0.326 e. The van der Waals surface area contributed by atoms with Crippen molar-refractivity contribution in [2.24, 2.45) is 7.05 Å². The van der Waals surface area contributed by atoms with E-state index >= 15 is 0 Å². The van der Waals surface area contributed by atoms with Crippen LogP contribution in [0.25, 0.3) is 11.4 Å². The van der Waals surface area contributed by atoms with Crippen LogP contribution in [0.2, 0.25) is 0 Å². The van der Waals surface area contributed by atoms with E-state index in [9.17, 15) is 14.0 Å². The summed E-state index contributed by atoms with van der Waals surface area (Å²) >= 11 is 1.24. The van der Waals surface area contributed by atoms with Crippen LogP contribution in [0.4, 0.5) is 15.8 Å². The lowest BCUT2D eigenvalue weighted by Gasteiger charge is -2.08. The molecule has 9 heteroatoms. The lowest BCUT2D eigenvalue weighted by molar-refractivity contribution is -0.114. The summed E-state index contributed by atoms with van der Waals surface area (Å²) in [6, 6.07) is 12.9. The van der Waals surface area contributed by atoms with Crippen LogP contribution >= 0.6 is 11.8 Å². The minimum atomic E-state index is -0.320. The third kappa shape index (κ3) is 4.95. The second-order valence-electron chi connectivity index (χ2n) is 5.97. The number of hydrogen-bond acceptors (Lipinski definition) is 5. The van der Waals surface area contributed by atoms with Crippen LogP contribution in [0.1, 0.15) is 6.92 Å². The Morgan fingerprint density at radius 3 is 2.43 bits per heavy atom. The smallest absolute Gasteiger partial charge is 0.234 e. The fraction of sp³-hybridized carbons (Fsp3) is 0.158. The summed E-state index contributed by atoms with van der Waals surface area (Å²) in [5, 5.41) is 14.2. The fourth-order valence-electron chi connectivity index (χ4n) is 2.50. The fourth-order valence-corrected chi connectivity index (χ4v) is 3.21. The molecule has 3 aromatic rings. The molecule has 0 spiro atoms. The summed E-state index contributed by atoms with van der Waals surface area (Å²) < 4.78 is 14.8. The van der Waals surface area contributed by atoms with E-state index in [1.165, 1.54) is 30.8 Å². The molecule has 28 heavy (non-hydrogen) atoms. The zero-order valence-electron chi connectivity index (χ0n) is 15.3. The van der Waals surface area contributed by atoms with Crippen LogP contribution < -0.4 is 10.6 Å². The predicted octanol–water partition coefficient (Wildman–Crippen LogP) is 3.31. The normalized spacial score (nSPS) is 10.5. The number of aromatic nitrogens is 3. The molecule has 0 saturated carbocycles. The number of benzene rings is 2. The highest BCUT2D eigenvalue weighted by Gasteiger charge is 2.13. The highest BCUT2D eigenvalue weighted by molar-refractivity contribution is 7.99. The van der Waals surface area contributed by atoms with Gasteiger partial charge in [-0.25, -0.2) is 4.39 Å². The molecular formula is C19H18FN5O2S. The maximum absolute atomic E-state index is 13.1. The van der Waals surface area contributed by atoms with E-state index in [-0.39, 0.29) is 23.4 Å². The first-order valence-corrected chi connectivity index (χ1v) is 9.36. The molecule has 0 aliphatic carbocycles. The molecule has 0 bridgehead atoms. The molecule has 144 valence electrons. The lowest BCUT2D eigenvalue weighted by Crippen LogP contribution is -2.15. The Labute approximate surface area is 165 Å². The molecule has 2 aromatic carbocycles. The van der Waals surface area contributed by atoms with Crippen molar-refractivity contribution in [3.63, 3.8) is 0 Å². The molecule has 2 N–H and O–H groups in total. The number of halogens is 1. The zero-order chi connectivity index (χ0) is 20.1. The second-order valence-corrected chi connectivity index (χ2v) is 6.91. The van der Waals surface area contributed by atoms with E-state index in [4.69, 9.17) is 0 Å². The Bertz CT molecular complexity index is 1000. The third-order valence-electron chi connectivity index (χ3n) is 3.74. The first-order chi connectivity index (χ1) is 13.4. The highest BCUT2D eigenvalue weighted by Crippen LogP contribution is 2.23. The van der Waals surface area contributed by atoms with Crippen LogP contribution in [0.5, 0.6) is 0 Å². The van der Waals surface area contributed by atoms with Gasteiger partial charge in [0.05, 0.1) is 5.75 Å². The molecule has 7 nitrogen and oxygen atoms in total. The number of nitrogens with one attached hydrogen (secondary N) is 2. The summed E-state index contributed by atoms with van der Waals surface area (Å²) in [6.45, 7) is 1.42. The van der Waals surface area contributed by atoms with E-state index in [1.807, 2.05) is 0 Å². The van der Waals surface area contributed by atoms with Gasteiger partial charge in [-0.05, 0) is 42.5 Å². The van der Waals surface area contributed by atoms with Gasteiger partial charge < -0.3 is 15.2 Å². The monoisotopic (exact) mass is 399 g/mol. The molecule has 0 atom stereocenters. The van der Waals surface area contributed by atoms with Crippen molar-refractivity contribution in [2.45, 2.75) is 12.1 Å². The second kappa shape index (κ2) is 8.66. The van der Waals surface area contributed by atoms with Crippen molar-refractivity contribution in [1.29, 1.82) is 0 Å². The third-order valence-corrected chi connectivity index (χ3v) is 4.76. The highest BCUT2D eigenvalue weighted by atomic mass is 32.2. The number of amides is 2. The van der Waals surface area contributed by atoms with E-state index in [1.54, 1.807) is 48.0 Å². The van der Waals surface area contributed by atoms with Gasteiger partial charge in [0.1, 0.15) is 5.82 Å². The van der Waals surface area contributed by atoms with Crippen molar-refractivity contribution in [3.8, 4) is 11.4 Å². The van der Waals surface area contributed by atoms with Gasteiger partial charge in [-0.15, -0.1) is 10.2 Å². The van der Waals surface area contributed by atoms with E-state index in [2.05, 4.69) is 20.8 Å². The molecule has 0 fully saturated rings. The Morgan fingerprint density at radius 2 is 1.75 bits per heavy atom. The van der Waals surface area contributed by atoms with Crippen molar-refractivity contribution in [3.05, 3.63) is 54.3 Å². The maximum Gasteiger partial charge on any atom is 0.234 e. The number of carbonyl (C=O) groups is 2. The van der Waals surface area contributed by atoms with E-state index in [0.29, 0.717) is 22.4 Å². The number of anilines is 2. The topological polar surface area (TPSA) is 88.9 Å². The van der Waals surface area contributed by atoms with Gasteiger partial charge in [-0.2, -0.15) is 0 Å². The van der Waals surface area contributed by atoms with Crippen LogP contribution in [0, 0.1) is 5.82 Å². The Hall–Kier alpha value is -3.20. The Balaban J connectivity index is 1.61. The van der Waals surface area contributed by atoms with Gasteiger partial charge in [0.25, 0.3) is 0 Å². The van der Waals surface area contributed by atoms with Crippen molar-refractivity contribution >= 4 is 35.0 Å². The van der Waals surface area contributed by atoms with E-state index < -0.39 is 0 Å². The van der Waals surface area contributed by atoms with Gasteiger partial charge in [0.15, 0.2) is 11.0 Å². The first-order valence-electron chi connectivity index (χ1n) is 8.38. The average molecular weight is 399 g/mol. The standard InChI is InChI=1S/C19H18FN5O2S/c1-12(26)21-15-4-3-5-16(10-15)22-17(27)11-28-19-24-23-18(25(19)2)13-6-8-14(20)9-7-13/h3-10H,11H2,1-2H3,(H,21,26)(H,22,27). The van der Waals surface area contributed by atoms with Gasteiger partial charge >= 0.3 is 0 Å². The van der Waals surface area contributed by atoms with Crippen molar-refractivity contribution in [2.75, 3.05) is 16.4 Å². The summed E-state index contributed by atoms with van der Waals surface area (Å²) in [6.07, 6.45) is 0. The van der Waals surface area contributed by atoms with Gasteiger partial charge in [0.2, 0.25) is 11.8 Å². The summed E-state index contributed by atoms with van der Waals surface area (Å²) in [5.41, 5.74) is 1.93. The zero-order valence-corrected chi connectivity index (χ0v) is 16.1. The van der Waals surface area contributed by atoms with Crippen LogP contribution in [-0.4, -0.2) is 32.3 Å². The molecular weight excluding hydrogens is 381 g/mol. The molecule has 1 aromatic heterocycles. The summed E-state index contributed by atoms with van der Waals surface area (Å²) in [4.78, 5) is 23.3. The first kappa shape index (κ1) is 19.6. The number of rotatable bonds is 6. The molecule has 0 aliphatic rings. The van der Waals surface area contributed by atoms with Gasteiger partial charge in [-0.3, -0.25) is 9.59 Å². The molecule has 0 unspecified atom stereocenters. The molecule has 0 saturated heterocycles. The SMILES string of the molecule is CC(=O)Nc1cccc(NC(=O)CSc2nnc(-c3ccc(F)cc3)n2C)c1. The number of carbonyl (C=O) groups excluding carboxylic acids is 2. The van der Waals surface area contributed by atoms with Crippen LogP contribution in [0.15, 0.2) is 53.7 Å². The van der Waals surface area contributed by atoms with E-state index in [0.717, 1.165) is 5.56 Å². The molecule has 3 rings (SSSR count). The summed E-state index contributed by atoms with van der Waals surface area (Å²) in [5.74, 6) is 0.0139. The van der Waals surface area contributed by atoms with Crippen molar-refractivity contribution in [1.82, 2.24) is 14.8 Å². The Kier molecular flexibility index (Phi) is 6.05. The molecule has 1 heterocycles. The Morgan fingerprint density at radius 1 is 1.07 bits per heavy atom. The quantitative estimate of drug-likeness (QED) is 0.621. The van der Waals surface area contributed by atoms with Crippen LogP contribution in [0.3, 0.4) is 0 Å². The average Bonchev–Trinajstić information content (AvgIpc) is 3.01. The maximum atomic E-state index is 13.1. The largest absolute Gasteiger partial charge is 0.326 e. The number of thioether (sulfide) groups is 1. The molecule has 2 amide bonds. The molecule has 0 aliphatic heterocycles. The van der Waals surface area contributed by atoms with Crippen molar-refractivity contribution < 1.29 is 14.0 Å². The van der Waals surface area contributed by atoms with Crippen LogP contribution in [-0.2, 0) is 16.6 Å². The lowest BCUT2D eigenvalue weighted by atomic mass is 10.2. The predicted molar refractivity (Wildman–Crippen MR) is 106 cm³/mol. The number of nitrogens with zero attached hydrogens (tertiary/aromatic N) is 3. The summed E-state index contributed by atoms with van der Waals surface area (Å²) in [7, 11) is 1.79. The number of hydrogen-bond donors (Lipinski definition) is 2.